The average Bonchev–Trinajstić information content (AvgIpc) is 3.11. The minimum Gasteiger partial charge on any atom is -0.481 e. The smallest absolute Gasteiger partial charge is 0.303 e. The van der Waals surface area contributed by atoms with E-state index >= 15 is 0 Å². The number of carboxylic acid groups (broad SMARTS) is 1. The molecule has 2 N–H and O–H groups in total. The molecular weight excluding hydrogens is 394 g/mol. The van der Waals surface area contributed by atoms with Crippen molar-refractivity contribution < 1.29 is 24.1 Å². The molecule has 5 atom stereocenters. The molecule has 0 spiro atoms. The quantitative estimate of drug-likeness (QED) is 0.380. The molecule has 0 aromatic heterocycles. The normalized spacial score (nSPS) is 28.9. The van der Waals surface area contributed by atoms with Gasteiger partial charge in [0, 0.05) is 31.4 Å². The summed E-state index contributed by atoms with van der Waals surface area (Å²) >= 11 is 0. The highest BCUT2D eigenvalue weighted by atomic mass is 16.7. The van der Waals surface area contributed by atoms with Gasteiger partial charge in [0.1, 0.15) is 0 Å². The lowest BCUT2D eigenvalue weighted by Crippen LogP contribution is -2.42. The highest BCUT2D eigenvalue weighted by molar-refractivity contribution is 5.66. The van der Waals surface area contributed by atoms with Gasteiger partial charge in [-0.1, -0.05) is 42.5 Å². The van der Waals surface area contributed by atoms with Gasteiger partial charge in [0.05, 0.1) is 18.8 Å². The molecule has 172 valence electrons. The maximum atomic E-state index is 10.7. The van der Waals surface area contributed by atoms with Crippen LogP contribution in [0.1, 0.15) is 56.9 Å². The molecule has 3 rings (SSSR count). The Morgan fingerprint density at radius 3 is 2.77 bits per heavy atom. The first-order valence-corrected chi connectivity index (χ1v) is 11.6. The molecular formula is C25H37NO5. The van der Waals surface area contributed by atoms with Gasteiger partial charge >= 0.3 is 5.97 Å². The van der Waals surface area contributed by atoms with Crippen molar-refractivity contribution in [2.45, 2.75) is 82.5 Å². The molecule has 31 heavy (non-hydrogen) atoms. The van der Waals surface area contributed by atoms with Gasteiger partial charge in [0.2, 0.25) is 0 Å². The van der Waals surface area contributed by atoms with Crippen molar-refractivity contribution in [2.75, 3.05) is 13.7 Å². The van der Waals surface area contributed by atoms with Crippen molar-refractivity contribution in [1.29, 1.82) is 0 Å². The van der Waals surface area contributed by atoms with Crippen LogP contribution in [0.4, 0.5) is 0 Å². The molecule has 1 heterocycles. The average molecular weight is 432 g/mol. The van der Waals surface area contributed by atoms with Crippen molar-refractivity contribution in [2.24, 2.45) is 5.92 Å². The van der Waals surface area contributed by atoms with E-state index < -0.39 is 5.97 Å². The molecule has 1 aliphatic heterocycles. The zero-order chi connectivity index (χ0) is 21.9. The van der Waals surface area contributed by atoms with Crippen LogP contribution in [0.5, 0.6) is 0 Å². The Morgan fingerprint density at radius 1 is 1.23 bits per heavy atom. The number of benzene rings is 1. The lowest BCUT2D eigenvalue weighted by molar-refractivity contribution is -0.191. The van der Waals surface area contributed by atoms with Crippen molar-refractivity contribution in [1.82, 2.24) is 5.32 Å². The first-order chi connectivity index (χ1) is 15.2. The number of ether oxygens (including phenoxy) is 3. The summed E-state index contributed by atoms with van der Waals surface area (Å²) in [6.45, 7) is 1.37. The van der Waals surface area contributed by atoms with Gasteiger partial charge in [0.15, 0.2) is 6.29 Å². The fourth-order valence-corrected chi connectivity index (χ4v) is 4.62. The van der Waals surface area contributed by atoms with Gasteiger partial charge in [-0.25, -0.2) is 0 Å². The number of hydrogen-bond donors (Lipinski definition) is 2. The molecule has 0 amide bonds. The lowest BCUT2D eigenvalue weighted by Gasteiger charge is -2.30. The van der Waals surface area contributed by atoms with Gasteiger partial charge in [-0.3, -0.25) is 4.79 Å². The minimum atomic E-state index is -0.737. The van der Waals surface area contributed by atoms with Crippen molar-refractivity contribution in [3.63, 3.8) is 0 Å². The van der Waals surface area contributed by atoms with E-state index in [0.717, 1.165) is 45.1 Å². The van der Waals surface area contributed by atoms with E-state index in [0.29, 0.717) is 13.0 Å². The van der Waals surface area contributed by atoms with Crippen molar-refractivity contribution in [3.8, 4) is 0 Å². The Hall–Kier alpha value is -1.73. The fraction of sp³-hybridized carbons (Fsp3) is 0.640. The zero-order valence-corrected chi connectivity index (χ0v) is 18.6. The second-order valence-electron chi connectivity index (χ2n) is 8.51. The van der Waals surface area contributed by atoms with E-state index in [4.69, 9.17) is 19.3 Å². The molecule has 1 aliphatic carbocycles. The summed E-state index contributed by atoms with van der Waals surface area (Å²) in [7, 11) is 1.99. The number of allylic oxidation sites excluding steroid dienone is 2. The lowest BCUT2D eigenvalue weighted by atomic mass is 9.96. The Labute approximate surface area is 186 Å². The molecule has 1 unspecified atom stereocenters. The van der Waals surface area contributed by atoms with Gasteiger partial charge in [-0.2, -0.15) is 0 Å². The largest absolute Gasteiger partial charge is 0.481 e. The topological polar surface area (TPSA) is 77.0 Å². The van der Waals surface area contributed by atoms with Gasteiger partial charge < -0.3 is 24.6 Å². The highest BCUT2D eigenvalue weighted by Crippen LogP contribution is 2.36. The molecule has 2 fully saturated rings. The second-order valence-corrected chi connectivity index (χ2v) is 8.51. The minimum absolute atomic E-state index is 0.0549. The Morgan fingerprint density at radius 2 is 2.06 bits per heavy atom. The third-order valence-corrected chi connectivity index (χ3v) is 6.25. The van der Waals surface area contributed by atoms with Crippen LogP contribution in [0.3, 0.4) is 0 Å². The highest BCUT2D eigenvalue weighted by Gasteiger charge is 2.44. The van der Waals surface area contributed by atoms with Crippen LogP contribution in [0, 0.1) is 5.92 Å². The molecule has 1 saturated heterocycles. The number of hydrogen-bond acceptors (Lipinski definition) is 5. The van der Waals surface area contributed by atoms with E-state index in [1.54, 1.807) is 0 Å². The number of likely N-dealkylation sites (N-methyl/N-ethyl adjacent to an activating group) is 1. The molecule has 0 bridgehead atoms. The van der Waals surface area contributed by atoms with Crippen LogP contribution in [0.25, 0.3) is 0 Å². The van der Waals surface area contributed by atoms with Crippen LogP contribution in [-0.2, 0) is 25.6 Å². The van der Waals surface area contributed by atoms with Crippen LogP contribution in [-0.4, -0.2) is 49.3 Å². The van der Waals surface area contributed by atoms with Gasteiger partial charge in [-0.15, -0.1) is 0 Å². The van der Waals surface area contributed by atoms with E-state index in [2.05, 4.69) is 29.6 Å². The van der Waals surface area contributed by atoms with Crippen LogP contribution in [0.15, 0.2) is 42.5 Å². The van der Waals surface area contributed by atoms with Gasteiger partial charge in [0.25, 0.3) is 0 Å². The summed E-state index contributed by atoms with van der Waals surface area (Å²) in [5.41, 5.74) is 1.17. The summed E-state index contributed by atoms with van der Waals surface area (Å²) in [5.74, 6) is -0.447. The number of carboxylic acids is 1. The molecule has 6 heteroatoms. The summed E-state index contributed by atoms with van der Waals surface area (Å²) < 4.78 is 18.6. The zero-order valence-electron chi connectivity index (χ0n) is 18.6. The standard InChI is InChI=1S/C25H37NO5/c1-26-25-20(13-7-2-3-8-14-23(27)28)21(30-18-19-11-5-4-6-12-19)17-22(25)31-24-15-9-10-16-29-24/h2,4-7,11-12,20-22,24-26H,3,8-10,13-18H2,1H3,(H,27,28)/t20-,21-,22+,24?,25+/m1/s1. The molecule has 2 aliphatic rings. The summed E-state index contributed by atoms with van der Waals surface area (Å²) in [6.07, 6.45) is 10.9. The van der Waals surface area contributed by atoms with Crippen LogP contribution in [0.2, 0.25) is 0 Å². The molecule has 1 aromatic carbocycles. The van der Waals surface area contributed by atoms with Crippen LogP contribution < -0.4 is 5.32 Å². The number of nitrogens with one attached hydrogen (secondary N) is 1. The monoisotopic (exact) mass is 431 g/mol. The third-order valence-electron chi connectivity index (χ3n) is 6.25. The number of unbranched alkanes of at least 4 members (excludes halogenated alkanes) is 1. The maximum absolute atomic E-state index is 10.7. The Kier molecular flexibility index (Phi) is 10.0. The number of rotatable bonds is 12. The Balaban J connectivity index is 1.60. The van der Waals surface area contributed by atoms with Crippen molar-refractivity contribution >= 4 is 5.97 Å². The van der Waals surface area contributed by atoms with E-state index in [-0.39, 0.29) is 36.9 Å². The predicted octanol–water partition coefficient (Wildman–Crippen LogP) is 4.29. The maximum Gasteiger partial charge on any atom is 0.303 e. The molecule has 1 saturated carbocycles. The number of carbonyl (C=O) groups is 1. The molecule has 1 aromatic rings. The van der Waals surface area contributed by atoms with Gasteiger partial charge in [-0.05, 0) is 51.1 Å². The summed E-state index contributed by atoms with van der Waals surface area (Å²) in [5, 5.41) is 12.3. The first-order valence-electron chi connectivity index (χ1n) is 11.6. The van der Waals surface area contributed by atoms with E-state index in [9.17, 15) is 4.79 Å². The van der Waals surface area contributed by atoms with E-state index in [1.807, 2.05) is 25.2 Å². The summed E-state index contributed by atoms with van der Waals surface area (Å²) in [6, 6.07) is 10.5. The van der Waals surface area contributed by atoms with Crippen molar-refractivity contribution in [3.05, 3.63) is 48.0 Å². The van der Waals surface area contributed by atoms with Crippen LogP contribution >= 0.6 is 0 Å². The first kappa shape index (κ1) is 23.9. The SMILES string of the molecule is CN[C@H]1[C@H](CC=CCCCC(=O)O)[C@H](OCc2ccccc2)C[C@@H]1OC1CCCCO1. The fourth-order valence-electron chi connectivity index (χ4n) is 4.62. The predicted molar refractivity (Wildman–Crippen MR) is 120 cm³/mol. The Bertz CT molecular complexity index is 674. The number of aliphatic carboxylic acids is 1. The molecule has 6 nitrogen and oxygen atoms in total. The third kappa shape index (κ3) is 7.72. The van der Waals surface area contributed by atoms with E-state index in [1.165, 1.54) is 5.56 Å². The molecule has 0 radical (unpaired) electrons. The summed E-state index contributed by atoms with van der Waals surface area (Å²) in [4.78, 5) is 10.7. The second kappa shape index (κ2) is 13.0.